The SMILES string of the molecule is CCCc1ccc(-c2nc(C)sc2CCl)cc1. The van der Waals surface area contributed by atoms with Gasteiger partial charge in [-0.3, -0.25) is 0 Å². The Morgan fingerprint density at radius 2 is 1.94 bits per heavy atom. The van der Waals surface area contributed by atoms with Gasteiger partial charge in [0.1, 0.15) is 0 Å². The molecule has 1 heterocycles. The van der Waals surface area contributed by atoms with Crippen LogP contribution in [0.2, 0.25) is 0 Å². The molecule has 1 aromatic heterocycles. The first-order chi connectivity index (χ1) is 8.24. The van der Waals surface area contributed by atoms with E-state index in [-0.39, 0.29) is 0 Å². The van der Waals surface area contributed by atoms with Crippen LogP contribution in [0.5, 0.6) is 0 Å². The highest BCUT2D eigenvalue weighted by Gasteiger charge is 2.09. The van der Waals surface area contributed by atoms with Gasteiger partial charge >= 0.3 is 0 Å². The van der Waals surface area contributed by atoms with Gasteiger partial charge in [-0.25, -0.2) is 4.98 Å². The lowest BCUT2D eigenvalue weighted by atomic mass is 10.1. The van der Waals surface area contributed by atoms with Crippen molar-refractivity contribution in [3.8, 4) is 11.3 Å². The van der Waals surface area contributed by atoms with Crippen molar-refractivity contribution in [3.63, 3.8) is 0 Å². The third-order valence-corrected chi connectivity index (χ3v) is 4.09. The van der Waals surface area contributed by atoms with Gasteiger partial charge in [-0.2, -0.15) is 0 Å². The first-order valence-electron chi connectivity index (χ1n) is 5.86. The van der Waals surface area contributed by atoms with Crippen molar-refractivity contribution in [2.45, 2.75) is 32.6 Å². The molecular formula is C14H16ClNS. The van der Waals surface area contributed by atoms with E-state index >= 15 is 0 Å². The number of benzene rings is 1. The van der Waals surface area contributed by atoms with Crippen molar-refractivity contribution in [2.75, 3.05) is 0 Å². The van der Waals surface area contributed by atoms with Gasteiger partial charge in [0.2, 0.25) is 0 Å². The number of halogens is 1. The predicted octanol–water partition coefficient (Wildman–Crippen LogP) is 4.81. The van der Waals surface area contributed by atoms with E-state index < -0.39 is 0 Å². The van der Waals surface area contributed by atoms with Gasteiger partial charge in [0.05, 0.1) is 16.6 Å². The molecule has 2 aromatic rings. The number of rotatable bonds is 4. The van der Waals surface area contributed by atoms with Crippen molar-refractivity contribution in [2.24, 2.45) is 0 Å². The van der Waals surface area contributed by atoms with E-state index in [4.69, 9.17) is 11.6 Å². The molecule has 1 nitrogen and oxygen atoms in total. The molecule has 0 saturated carbocycles. The van der Waals surface area contributed by atoms with Crippen LogP contribution in [0.3, 0.4) is 0 Å². The summed E-state index contributed by atoms with van der Waals surface area (Å²) in [5, 5.41) is 1.08. The predicted molar refractivity (Wildman–Crippen MR) is 75.8 cm³/mol. The molecule has 0 unspecified atom stereocenters. The summed E-state index contributed by atoms with van der Waals surface area (Å²) in [4.78, 5) is 5.72. The molecule has 0 spiro atoms. The van der Waals surface area contributed by atoms with Crippen molar-refractivity contribution in [1.29, 1.82) is 0 Å². The van der Waals surface area contributed by atoms with Crippen LogP contribution >= 0.6 is 22.9 Å². The fourth-order valence-electron chi connectivity index (χ4n) is 1.90. The molecule has 2 rings (SSSR count). The van der Waals surface area contributed by atoms with Crippen LogP contribution in [0, 0.1) is 6.92 Å². The molecule has 0 saturated heterocycles. The minimum absolute atomic E-state index is 0.539. The highest BCUT2D eigenvalue weighted by atomic mass is 35.5. The second-order valence-electron chi connectivity index (χ2n) is 4.09. The van der Waals surface area contributed by atoms with E-state index in [1.165, 1.54) is 17.5 Å². The maximum absolute atomic E-state index is 5.95. The molecule has 0 aliphatic rings. The Balaban J connectivity index is 2.32. The molecule has 90 valence electrons. The number of hydrogen-bond donors (Lipinski definition) is 0. The largest absolute Gasteiger partial charge is 0.241 e. The third-order valence-electron chi connectivity index (χ3n) is 2.69. The number of hydrogen-bond acceptors (Lipinski definition) is 2. The number of aryl methyl sites for hydroxylation is 2. The van der Waals surface area contributed by atoms with Crippen LogP contribution < -0.4 is 0 Å². The molecule has 0 aliphatic heterocycles. The Morgan fingerprint density at radius 1 is 1.24 bits per heavy atom. The molecule has 0 fully saturated rings. The molecule has 0 N–H and O–H groups in total. The average Bonchev–Trinajstić information content (AvgIpc) is 2.72. The second kappa shape index (κ2) is 5.65. The minimum atomic E-state index is 0.539. The zero-order valence-electron chi connectivity index (χ0n) is 10.2. The summed E-state index contributed by atoms with van der Waals surface area (Å²) in [5.41, 5.74) is 3.60. The van der Waals surface area contributed by atoms with Crippen LogP contribution in [0.1, 0.15) is 28.8 Å². The molecule has 0 radical (unpaired) electrons. The molecule has 0 bridgehead atoms. The van der Waals surface area contributed by atoms with Crippen LogP contribution in [0.15, 0.2) is 24.3 Å². The lowest BCUT2D eigenvalue weighted by Gasteiger charge is -2.02. The van der Waals surface area contributed by atoms with E-state index in [0.717, 1.165) is 22.0 Å². The number of alkyl halides is 1. The summed E-state index contributed by atoms with van der Waals surface area (Å²) in [6, 6.07) is 8.67. The Bertz CT molecular complexity index is 487. The molecular weight excluding hydrogens is 250 g/mol. The van der Waals surface area contributed by atoms with Crippen molar-refractivity contribution in [1.82, 2.24) is 4.98 Å². The summed E-state index contributed by atoms with van der Waals surface area (Å²) in [6.07, 6.45) is 2.32. The smallest absolute Gasteiger partial charge is 0.0904 e. The summed E-state index contributed by atoms with van der Waals surface area (Å²) in [7, 11) is 0. The molecule has 3 heteroatoms. The van der Waals surface area contributed by atoms with E-state index in [2.05, 4.69) is 36.2 Å². The maximum Gasteiger partial charge on any atom is 0.0904 e. The van der Waals surface area contributed by atoms with Gasteiger partial charge in [0, 0.05) is 10.4 Å². The third kappa shape index (κ3) is 2.88. The second-order valence-corrected chi connectivity index (χ2v) is 5.64. The Kier molecular flexibility index (Phi) is 4.19. The fourth-order valence-corrected chi connectivity index (χ4v) is 3.00. The Hall–Kier alpha value is -0.860. The topological polar surface area (TPSA) is 12.9 Å². The van der Waals surface area contributed by atoms with E-state index in [1.54, 1.807) is 11.3 Å². The minimum Gasteiger partial charge on any atom is -0.241 e. The van der Waals surface area contributed by atoms with Gasteiger partial charge in [-0.05, 0) is 18.9 Å². The van der Waals surface area contributed by atoms with E-state index in [1.807, 2.05) is 6.92 Å². The molecule has 17 heavy (non-hydrogen) atoms. The Morgan fingerprint density at radius 3 is 2.53 bits per heavy atom. The highest BCUT2D eigenvalue weighted by Crippen LogP contribution is 2.29. The first-order valence-corrected chi connectivity index (χ1v) is 7.21. The van der Waals surface area contributed by atoms with Crippen molar-refractivity contribution in [3.05, 3.63) is 39.7 Å². The van der Waals surface area contributed by atoms with Gasteiger partial charge in [-0.15, -0.1) is 22.9 Å². The molecule has 1 aromatic carbocycles. The highest BCUT2D eigenvalue weighted by molar-refractivity contribution is 7.12. The number of thiazole rings is 1. The van der Waals surface area contributed by atoms with Crippen LogP contribution in [0.4, 0.5) is 0 Å². The first kappa shape index (κ1) is 12.6. The van der Waals surface area contributed by atoms with E-state index in [9.17, 15) is 0 Å². The van der Waals surface area contributed by atoms with Crippen LogP contribution in [-0.2, 0) is 12.3 Å². The van der Waals surface area contributed by atoms with Crippen molar-refractivity contribution < 1.29 is 0 Å². The summed E-state index contributed by atoms with van der Waals surface area (Å²) in [5.74, 6) is 0.539. The zero-order chi connectivity index (χ0) is 12.3. The van der Waals surface area contributed by atoms with Gasteiger partial charge in [0.15, 0.2) is 0 Å². The lowest BCUT2D eigenvalue weighted by Crippen LogP contribution is -1.86. The zero-order valence-corrected chi connectivity index (χ0v) is 11.7. The monoisotopic (exact) mass is 265 g/mol. The summed E-state index contributed by atoms with van der Waals surface area (Å²) in [6.45, 7) is 4.22. The standard InChI is InChI=1S/C14H16ClNS/c1-3-4-11-5-7-12(8-6-11)14-13(9-15)17-10(2)16-14/h5-8H,3-4,9H2,1-2H3. The van der Waals surface area contributed by atoms with Crippen molar-refractivity contribution >= 4 is 22.9 Å². The molecule has 0 amide bonds. The number of nitrogens with zero attached hydrogens (tertiary/aromatic N) is 1. The van der Waals surface area contributed by atoms with E-state index in [0.29, 0.717) is 5.88 Å². The molecule has 0 aliphatic carbocycles. The fraction of sp³-hybridized carbons (Fsp3) is 0.357. The quantitative estimate of drug-likeness (QED) is 0.723. The average molecular weight is 266 g/mol. The van der Waals surface area contributed by atoms with Crippen LogP contribution in [-0.4, -0.2) is 4.98 Å². The lowest BCUT2D eigenvalue weighted by molar-refractivity contribution is 0.922. The van der Waals surface area contributed by atoms with Gasteiger partial charge < -0.3 is 0 Å². The van der Waals surface area contributed by atoms with Crippen LogP contribution in [0.25, 0.3) is 11.3 Å². The molecule has 0 atom stereocenters. The van der Waals surface area contributed by atoms with Gasteiger partial charge in [0.25, 0.3) is 0 Å². The summed E-state index contributed by atoms with van der Waals surface area (Å²) < 4.78 is 0. The normalized spacial score (nSPS) is 10.8. The maximum atomic E-state index is 5.95. The summed E-state index contributed by atoms with van der Waals surface area (Å²) >= 11 is 7.63. The Labute approximate surface area is 111 Å². The van der Waals surface area contributed by atoms with Gasteiger partial charge in [-0.1, -0.05) is 37.6 Å². The number of aromatic nitrogens is 1.